The first-order valence-electron chi connectivity index (χ1n) is 9.94. The number of carbonyl (C=O) groups excluding carboxylic acids is 3. The van der Waals surface area contributed by atoms with Crippen LogP contribution in [0, 0.1) is 10.1 Å². The zero-order chi connectivity index (χ0) is 26.6. The summed E-state index contributed by atoms with van der Waals surface area (Å²) in [5.41, 5.74) is -0.0848. The van der Waals surface area contributed by atoms with Crippen molar-refractivity contribution in [3.05, 3.63) is 61.5 Å². The van der Waals surface area contributed by atoms with E-state index < -0.39 is 49.3 Å². The predicted octanol–water partition coefficient (Wildman–Crippen LogP) is 3.73. The molecular formula is C21H17BrN2O10S2. The number of nitrogens with zero attached hydrogens (tertiary/aromatic N) is 2. The van der Waals surface area contributed by atoms with Gasteiger partial charge in [0.2, 0.25) is 0 Å². The third-order valence-corrected chi connectivity index (χ3v) is 7.24. The average Bonchev–Trinajstić information content (AvgIpc) is 3.08. The van der Waals surface area contributed by atoms with Crippen molar-refractivity contribution in [1.29, 1.82) is 0 Å². The molecule has 0 spiro atoms. The van der Waals surface area contributed by atoms with Crippen molar-refractivity contribution in [2.75, 3.05) is 20.3 Å². The lowest BCUT2D eigenvalue weighted by atomic mass is 10.2. The maximum Gasteiger partial charge on any atom is 0.339 e. The van der Waals surface area contributed by atoms with Gasteiger partial charge < -0.3 is 13.7 Å². The quantitative estimate of drug-likeness (QED) is 0.135. The molecule has 1 saturated heterocycles. The minimum absolute atomic E-state index is 0.0242. The van der Waals surface area contributed by atoms with Crippen molar-refractivity contribution in [2.45, 2.75) is 11.8 Å². The van der Waals surface area contributed by atoms with Crippen LogP contribution >= 0.6 is 27.7 Å². The van der Waals surface area contributed by atoms with Crippen LogP contribution in [0.3, 0.4) is 0 Å². The monoisotopic (exact) mass is 600 g/mol. The van der Waals surface area contributed by atoms with Crippen LogP contribution in [0.2, 0.25) is 0 Å². The molecular weight excluding hydrogens is 584 g/mol. The minimum Gasteiger partial charge on any atom is -0.493 e. The molecule has 0 saturated carbocycles. The van der Waals surface area contributed by atoms with E-state index in [4.69, 9.17) is 13.7 Å². The van der Waals surface area contributed by atoms with Crippen molar-refractivity contribution < 1.29 is 41.4 Å². The van der Waals surface area contributed by atoms with E-state index in [1.165, 1.54) is 31.4 Å². The van der Waals surface area contributed by atoms with E-state index in [1.807, 2.05) is 0 Å². The molecule has 2 aromatic rings. The standard InChI is InChI=1S/C21H17BrN2O10S2/c1-3-33-18(25)11-23-20(26)17(35-21(23)27)9-12-7-15(22)19(16(8-12)32-2)34-36(30,31)14-6-4-5-13(10-14)24(28)29/h4-10H,3,11H2,1-2H3/b17-9-. The minimum atomic E-state index is -4.48. The van der Waals surface area contributed by atoms with Crippen molar-refractivity contribution >= 4 is 66.7 Å². The first kappa shape index (κ1) is 27.2. The largest absolute Gasteiger partial charge is 0.493 e. The summed E-state index contributed by atoms with van der Waals surface area (Å²) >= 11 is 3.83. The summed E-state index contributed by atoms with van der Waals surface area (Å²) in [6.45, 7) is 1.17. The van der Waals surface area contributed by atoms with Crippen molar-refractivity contribution in [2.24, 2.45) is 0 Å². The summed E-state index contributed by atoms with van der Waals surface area (Å²) in [4.78, 5) is 47.0. The molecule has 190 valence electrons. The fourth-order valence-corrected chi connectivity index (χ4v) is 5.42. The third kappa shape index (κ3) is 6.03. The number of rotatable bonds is 9. The molecule has 0 unspecified atom stereocenters. The first-order valence-corrected chi connectivity index (χ1v) is 13.0. The maximum atomic E-state index is 12.7. The fraction of sp³-hybridized carbons (Fsp3) is 0.190. The number of ether oxygens (including phenoxy) is 2. The molecule has 1 heterocycles. The van der Waals surface area contributed by atoms with Crippen molar-refractivity contribution in [1.82, 2.24) is 4.90 Å². The molecule has 36 heavy (non-hydrogen) atoms. The molecule has 3 rings (SSSR count). The number of benzene rings is 2. The van der Waals surface area contributed by atoms with Crippen LogP contribution in [-0.4, -0.2) is 55.6 Å². The molecule has 12 nitrogen and oxygen atoms in total. The molecule has 2 amide bonds. The van der Waals surface area contributed by atoms with Gasteiger partial charge in [0.1, 0.15) is 11.4 Å². The van der Waals surface area contributed by atoms with Gasteiger partial charge in [-0.25, -0.2) is 0 Å². The lowest BCUT2D eigenvalue weighted by molar-refractivity contribution is -0.385. The molecule has 1 aliphatic heterocycles. The molecule has 1 aliphatic rings. The number of thioether (sulfide) groups is 1. The van der Waals surface area contributed by atoms with Crippen molar-refractivity contribution in [3.8, 4) is 11.5 Å². The number of carbonyl (C=O) groups is 3. The Morgan fingerprint density at radius 2 is 1.97 bits per heavy atom. The van der Waals surface area contributed by atoms with E-state index in [2.05, 4.69) is 15.9 Å². The molecule has 0 aliphatic carbocycles. The molecule has 15 heteroatoms. The summed E-state index contributed by atoms with van der Waals surface area (Å²) in [5.74, 6) is -1.70. The highest BCUT2D eigenvalue weighted by molar-refractivity contribution is 9.10. The van der Waals surface area contributed by atoms with Gasteiger partial charge in [0.15, 0.2) is 11.5 Å². The number of esters is 1. The highest BCUT2D eigenvalue weighted by Gasteiger charge is 2.36. The van der Waals surface area contributed by atoms with Crippen molar-refractivity contribution in [3.63, 3.8) is 0 Å². The molecule has 0 aromatic heterocycles. The van der Waals surface area contributed by atoms with Crippen LogP contribution in [0.25, 0.3) is 6.08 Å². The number of amides is 2. The van der Waals surface area contributed by atoms with Gasteiger partial charge in [0, 0.05) is 12.1 Å². The highest BCUT2D eigenvalue weighted by Crippen LogP contribution is 2.40. The molecule has 2 aromatic carbocycles. The lowest BCUT2D eigenvalue weighted by Gasteiger charge is -2.13. The van der Waals surface area contributed by atoms with Gasteiger partial charge in [-0.05, 0) is 64.5 Å². The number of halogens is 1. The first-order chi connectivity index (χ1) is 17.0. The van der Waals surface area contributed by atoms with Gasteiger partial charge in [-0.3, -0.25) is 29.4 Å². The SMILES string of the molecule is CCOC(=O)CN1C(=O)S/C(=C\c2cc(Br)c(OS(=O)(=O)c3cccc([N+](=O)[O-])c3)c(OC)c2)C1=O. The van der Waals surface area contributed by atoms with E-state index in [0.29, 0.717) is 17.3 Å². The van der Waals surface area contributed by atoms with E-state index in [0.717, 1.165) is 23.1 Å². The Bertz CT molecular complexity index is 1390. The van der Waals surface area contributed by atoms with Crippen LogP contribution in [-0.2, 0) is 24.4 Å². The van der Waals surface area contributed by atoms with Crippen LogP contribution < -0.4 is 8.92 Å². The Kier molecular flexibility index (Phi) is 8.37. The summed E-state index contributed by atoms with van der Waals surface area (Å²) in [6.07, 6.45) is 1.36. The van der Waals surface area contributed by atoms with E-state index >= 15 is 0 Å². The molecule has 0 radical (unpaired) electrons. The van der Waals surface area contributed by atoms with Gasteiger partial charge in [0.25, 0.3) is 16.8 Å². The third-order valence-electron chi connectivity index (χ3n) is 4.53. The van der Waals surface area contributed by atoms with E-state index in [9.17, 15) is 32.9 Å². The second-order valence-corrected chi connectivity index (χ2v) is 10.3. The Balaban J connectivity index is 1.90. The Morgan fingerprint density at radius 3 is 2.61 bits per heavy atom. The molecule has 0 atom stereocenters. The maximum absolute atomic E-state index is 12.7. The van der Waals surface area contributed by atoms with Crippen LogP contribution in [0.5, 0.6) is 11.5 Å². The van der Waals surface area contributed by atoms with E-state index in [-0.39, 0.29) is 27.5 Å². The second kappa shape index (κ2) is 11.1. The Hall–Kier alpha value is -3.43. The van der Waals surface area contributed by atoms with Gasteiger partial charge in [0.05, 0.1) is 28.0 Å². The number of non-ortho nitro benzene ring substituents is 1. The van der Waals surface area contributed by atoms with Crippen LogP contribution in [0.1, 0.15) is 12.5 Å². The second-order valence-electron chi connectivity index (χ2n) is 6.90. The summed E-state index contributed by atoms with van der Waals surface area (Å²) in [7, 11) is -3.23. The highest BCUT2D eigenvalue weighted by atomic mass is 79.9. The van der Waals surface area contributed by atoms with Gasteiger partial charge in [-0.1, -0.05) is 6.07 Å². The van der Waals surface area contributed by atoms with Crippen LogP contribution in [0.4, 0.5) is 10.5 Å². The topological polar surface area (TPSA) is 159 Å². The normalized spacial score (nSPS) is 14.8. The number of hydrogen-bond donors (Lipinski definition) is 0. The predicted molar refractivity (Wildman–Crippen MR) is 131 cm³/mol. The smallest absolute Gasteiger partial charge is 0.339 e. The zero-order valence-corrected chi connectivity index (χ0v) is 21.8. The summed E-state index contributed by atoms with van der Waals surface area (Å²) < 4.78 is 40.8. The lowest BCUT2D eigenvalue weighted by Crippen LogP contribution is -2.34. The van der Waals surface area contributed by atoms with Gasteiger partial charge >= 0.3 is 16.1 Å². The average molecular weight is 601 g/mol. The Morgan fingerprint density at radius 1 is 1.25 bits per heavy atom. The number of imide groups is 1. The molecule has 1 fully saturated rings. The Labute approximate surface area is 217 Å². The number of nitro groups is 1. The van der Waals surface area contributed by atoms with Gasteiger partial charge in [-0.2, -0.15) is 8.42 Å². The number of nitro benzene ring substituents is 1. The molecule has 0 N–H and O–H groups in total. The fourth-order valence-electron chi connectivity index (χ4n) is 2.94. The summed E-state index contributed by atoms with van der Waals surface area (Å²) in [6, 6.07) is 7.12. The summed E-state index contributed by atoms with van der Waals surface area (Å²) in [5, 5.41) is 10.3. The molecule has 0 bridgehead atoms. The number of hydrogen-bond acceptors (Lipinski definition) is 11. The van der Waals surface area contributed by atoms with E-state index in [1.54, 1.807) is 6.92 Å². The zero-order valence-electron chi connectivity index (χ0n) is 18.6. The van der Waals surface area contributed by atoms with Gasteiger partial charge in [-0.15, -0.1) is 0 Å². The van der Waals surface area contributed by atoms with Crippen LogP contribution in [0.15, 0.2) is 50.7 Å². The number of methoxy groups -OCH3 is 1.